The Morgan fingerprint density at radius 3 is 2.94 bits per heavy atom. The Bertz CT molecular complexity index is 652. The van der Waals surface area contributed by atoms with Crippen molar-refractivity contribution in [2.45, 2.75) is 0 Å². The molecule has 0 aliphatic heterocycles. The molecule has 2 heterocycles. The second-order valence-corrected chi connectivity index (χ2v) is 7.75. The van der Waals surface area contributed by atoms with Crippen LogP contribution in [0.25, 0.3) is 10.9 Å². The molecule has 17 heavy (non-hydrogen) atoms. The first kappa shape index (κ1) is 11.2. The fraction of sp³-hybridized carbons (Fsp3) is 0. The number of aromatic nitrogens is 1. The molecule has 0 amide bonds. The SMILES string of the molecule is Clc1ccc2c([Se]c3cccs3)ccnc2c1. The molecule has 0 saturated heterocycles. The summed E-state index contributed by atoms with van der Waals surface area (Å²) in [5, 5.41) is 4.08. The molecular formula is C13H8ClNSSe. The summed E-state index contributed by atoms with van der Waals surface area (Å²) >= 11 is 8.14. The van der Waals surface area contributed by atoms with E-state index in [2.05, 4.69) is 34.6 Å². The number of thiophene rings is 1. The summed E-state index contributed by atoms with van der Waals surface area (Å²) in [5.41, 5.74) is 0.980. The number of benzene rings is 1. The Balaban J connectivity index is 2.10. The number of hydrogen-bond acceptors (Lipinski definition) is 2. The summed E-state index contributed by atoms with van der Waals surface area (Å²) in [6.45, 7) is 0. The first-order valence-electron chi connectivity index (χ1n) is 5.08. The number of halogens is 1. The van der Waals surface area contributed by atoms with E-state index in [0.29, 0.717) is 15.0 Å². The fourth-order valence-corrected chi connectivity index (χ4v) is 5.02. The standard InChI is InChI=1S/C13H8ClNSSe/c14-9-3-4-10-11(8-9)15-6-5-12(10)17-13-2-1-7-16-13/h1-8H. The number of pyridine rings is 1. The van der Waals surface area contributed by atoms with Crippen LogP contribution in [0.3, 0.4) is 0 Å². The van der Waals surface area contributed by atoms with Crippen LogP contribution in [0.15, 0.2) is 48.0 Å². The molecule has 0 radical (unpaired) electrons. The molecule has 0 aliphatic carbocycles. The summed E-state index contributed by atoms with van der Waals surface area (Å²) in [7, 11) is 0. The van der Waals surface area contributed by atoms with Crippen molar-refractivity contribution in [2.75, 3.05) is 0 Å². The topological polar surface area (TPSA) is 12.9 Å². The minimum atomic E-state index is 0.350. The van der Waals surface area contributed by atoms with Crippen LogP contribution in [-0.4, -0.2) is 19.9 Å². The normalized spacial score (nSPS) is 10.9. The molecule has 0 spiro atoms. The third-order valence-corrected chi connectivity index (χ3v) is 6.22. The van der Waals surface area contributed by atoms with Crippen LogP contribution in [0.1, 0.15) is 0 Å². The second kappa shape index (κ2) is 4.79. The van der Waals surface area contributed by atoms with Crippen molar-refractivity contribution >= 4 is 57.0 Å². The van der Waals surface area contributed by atoms with Gasteiger partial charge in [-0.1, -0.05) is 0 Å². The van der Waals surface area contributed by atoms with Gasteiger partial charge in [0.1, 0.15) is 0 Å². The summed E-state index contributed by atoms with van der Waals surface area (Å²) in [4.78, 5) is 4.36. The average molecular weight is 325 g/mol. The Kier molecular flexibility index (Phi) is 3.17. The number of fused-ring (bicyclic) bond motifs is 1. The molecule has 0 atom stereocenters. The molecule has 3 aromatic rings. The summed E-state index contributed by atoms with van der Waals surface area (Å²) in [6, 6.07) is 12.3. The summed E-state index contributed by atoms with van der Waals surface area (Å²) in [5.74, 6) is 0. The van der Waals surface area contributed by atoms with Crippen molar-refractivity contribution in [3.8, 4) is 0 Å². The molecule has 0 bridgehead atoms. The van der Waals surface area contributed by atoms with Gasteiger partial charge in [0, 0.05) is 0 Å². The van der Waals surface area contributed by atoms with Crippen molar-refractivity contribution in [2.24, 2.45) is 0 Å². The first-order valence-corrected chi connectivity index (χ1v) is 8.05. The molecule has 84 valence electrons. The molecule has 4 heteroatoms. The monoisotopic (exact) mass is 325 g/mol. The molecule has 2 aromatic heterocycles. The van der Waals surface area contributed by atoms with Crippen LogP contribution in [0.4, 0.5) is 0 Å². The van der Waals surface area contributed by atoms with Crippen LogP contribution in [0.2, 0.25) is 5.02 Å². The molecule has 1 nitrogen and oxygen atoms in total. The molecule has 0 unspecified atom stereocenters. The van der Waals surface area contributed by atoms with Gasteiger partial charge in [-0.3, -0.25) is 0 Å². The molecular weight excluding hydrogens is 317 g/mol. The second-order valence-electron chi connectivity index (χ2n) is 3.50. The third kappa shape index (κ3) is 2.38. The van der Waals surface area contributed by atoms with E-state index in [9.17, 15) is 0 Å². The Hall–Kier alpha value is -0.861. The van der Waals surface area contributed by atoms with Gasteiger partial charge in [0.2, 0.25) is 0 Å². The molecule has 3 rings (SSSR count). The van der Waals surface area contributed by atoms with Crippen molar-refractivity contribution in [3.05, 3.63) is 53.0 Å². The van der Waals surface area contributed by atoms with Crippen molar-refractivity contribution in [3.63, 3.8) is 0 Å². The van der Waals surface area contributed by atoms with Gasteiger partial charge in [0.05, 0.1) is 0 Å². The third-order valence-electron chi connectivity index (χ3n) is 2.37. The van der Waals surface area contributed by atoms with E-state index in [-0.39, 0.29) is 0 Å². The van der Waals surface area contributed by atoms with E-state index in [0.717, 1.165) is 10.5 Å². The van der Waals surface area contributed by atoms with E-state index in [1.165, 1.54) is 13.6 Å². The van der Waals surface area contributed by atoms with Crippen LogP contribution >= 0.6 is 22.9 Å². The van der Waals surface area contributed by atoms with E-state index in [1.54, 1.807) is 0 Å². The number of hydrogen-bond donors (Lipinski definition) is 0. The Morgan fingerprint density at radius 1 is 1.18 bits per heavy atom. The van der Waals surface area contributed by atoms with Gasteiger partial charge in [-0.25, -0.2) is 0 Å². The van der Waals surface area contributed by atoms with Gasteiger partial charge in [-0.2, -0.15) is 0 Å². The summed E-state index contributed by atoms with van der Waals surface area (Å²) in [6.07, 6.45) is 1.86. The van der Waals surface area contributed by atoms with E-state index in [4.69, 9.17) is 11.6 Å². The summed E-state index contributed by atoms with van der Waals surface area (Å²) < 4.78 is 2.79. The van der Waals surface area contributed by atoms with Crippen LogP contribution in [-0.2, 0) is 0 Å². The number of rotatable bonds is 2. The van der Waals surface area contributed by atoms with Crippen LogP contribution in [0, 0.1) is 0 Å². The van der Waals surface area contributed by atoms with E-state index >= 15 is 0 Å². The molecule has 0 aliphatic rings. The zero-order valence-corrected chi connectivity index (χ0v) is 12.0. The quantitative estimate of drug-likeness (QED) is 0.660. The van der Waals surface area contributed by atoms with Crippen molar-refractivity contribution < 1.29 is 0 Å². The predicted molar refractivity (Wildman–Crippen MR) is 76.1 cm³/mol. The van der Waals surface area contributed by atoms with Crippen LogP contribution < -0.4 is 8.24 Å². The number of nitrogens with zero attached hydrogens (tertiary/aromatic N) is 1. The van der Waals surface area contributed by atoms with Gasteiger partial charge in [-0.15, -0.1) is 0 Å². The van der Waals surface area contributed by atoms with Gasteiger partial charge in [0.15, 0.2) is 0 Å². The average Bonchev–Trinajstić information content (AvgIpc) is 2.82. The van der Waals surface area contributed by atoms with E-state index in [1.807, 2.05) is 29.7 Å². The molecule has 0 fully saturated rings. The Labute approximate surface area is 115 Å². The minimum absolute atomic E-state index is 0.350. The molecule has 0 saturated carbocycles. The zero-order chi connectivity index (χ0) is 11.7. The zero-order valence-electron chi connectivity index (χ0n) is 8.76. The Morgan fingerprint density at radius 2 is 2.12 bits per heavy atom. The molecule has 1 aromatic carbocycles. The molecule has 0 N–H and O–H groups in total. The van der Waals surface area contributed by atoms with E-state index < -0.39 is 0 Å². The van der Waals surface area contributed by atoms with Gasteiger partial charge < -0.3 is 0 Å². The maximum atomic E-state index is 5.98. The predicted octanol–water partition coefficient (Wildman–Crippen LogP) is 2.60. The maximum absolute atomic E-state index is 5.98. The van der Waals surface area contributed by atoms with Crippen molar-refractivity contribution in [1.82, 2.24) is 4.98 Å². The first-order chi connectivity index (χ1) is 8.33. The van der Waals surface area contributed by atoms with Gasteiger partial charge in [-0.05, 0) is 0 Å². The van der Waals surface area contributed by atoms with Crippen LogP contribution in [0.5, 0.6) is 0 Å². The fourth-order valence-electron chi connectivity index (χ4n) is 1.61. The van der Waals surface area contributed by atoms with Crippen molar-refractivity contribution in [1.29, 1.82) is 0 Å². The van der Waals surface area contributed by atoms with Gasteiger partial charge in [0.25, 0.3) is 0 Å². The van der Waals surface area contributed by atoms with Gasteiger partial charge >= 0.3 is 115 Å².